The standard InChI is InChI=1S/C18H15BrN4O3S/c1-25-14-6-3-9(7-13(14)24)16-20-12-5-4-10(19)8-11(12)15-17(26-16)21-18(27-2)23-22-15/h3-8,16,20,24H,1-2H3. The Balaban J connectivity index is 1.85. The van der Waals surface area contributed by atoms with Crippen molar-refractivity contribution in [3.05, 3.63) is 46.4 Å². The molecular formula is C18H15BrN4O3S. The Morgan fingerprint density at radius 2 is 2.07 bits per heavy atom. The third-order valence-electron chi connectivity index (χ3n) is 4.08. The molecule has 9 heteroatoms. The molecule has 3 aromatic rings. The van der Waals surface area contributed by atoms with Crippen LogP contribution in [0.15, 0.2) is 46.0 Å². The van der Waals surface area contributed by atoms with Crippen molar-refractivity contribution in [3.63, 3.8) is 0 Å². The van der Waals surface area contributed by atoms with Crippen LogP contribution in [0, 0.1) is 0 Å². The fourth-order valence-corrected chi connectivity index (χ4v) is 3.44. The smallest absolute Gasteiger partial charge is 0.247 e. The predicted molar refractivity (Wildman–Crippen MR) is 106 cm³/mol. The predicted octanol–water partition coefficient (Wildman–Crippen LogP) is 4.24. The van der Waals surface area contributed by atoms with Crippen molar-refractivity contribution in [2.24, 2.45) is 0 Å². The number of rotatable bonds is 3. The Kier molecular flexibility index (Phi) is 4.79. The quantitative estimate of drug-likeness (QED) is 0.577. The average Bonchev–Trinajstić information content (AvgIpc) is 2.84. The largest absolute Gasteiger partial charge is 0.504 e. The van der Waals surface area contributed by atoms with E-state index in [-0.39, 0.29) is 5.75 Å². The van der Waals surface area contributed by atoms with Crippen molar-refractivity contribution in [2.45, 2.75) is 11.4 Å². The molecule has 0 spiro atoms. The van der Waals surface area contributed by atoms with Crippen LogP contribution in [-0.2, 0) is 0 Å². The molecule has 1 aliphatic heterocycles. The Bertz CT molecular complexity index is 1020. The normalized spacial score (nSPS) is 15.0. The molecule has 0 saturated heterocycles. The third-order valence-corrected chi connectivity index (χ3v) is 5.11. The lowest BCUT2D eigenvalue weighted by Gasteiger charge is -2.20. The number of halogens is 1. The van der Waals surface area contributed by atoms with Crippen LogP contribution < -0.4 is 14.8 Å². The lowest BCUT2D eigenvalue weighted by Crippen LogP contribution is -2.17. The second-order valence-corrected chi connectivity index (χ2v) is 7.40. The molecular weight excluding hydrogens is 432 g/mol. The summed E-state index contributed by atoms with van der Waals surface area (Å²) in [6.07, 6.45) is 1.30. The number of nitrogens with zero attached hydrogens (tertiary/aromatic N) is 3. The number of thioether (sulfide) groups is 1. The number of nitrogens with one attached hydrogen (secondary N) is 1. The van der Waals surface area contributed by atoms with E-state index in [0.29, 0.717) is 22.5 Å². The van der Waals surface area contributed by atoms with Gasteiger partial charge in [-0.05, 0) is 42.7 Å². The Morgan fingerprint density at radius 3 is 2.81 bits per heavy atom. The zero-order valence-corrected chi connectivity index (χ0v) is 16.8. The summed E-state index contributed by atoms with van der Waals surface area (Å²) in [6.45, 7) is 0. The van der Waals surface area contributed by atoms with Crippen LogP contribution in [0.5, 0.6) is 17.4 Å². The second-order valence-electron chi connectivity index (χ2n) is 5.72. The summed E-state index contributed by atoms with van der Waals surface area (Å²) in [6, 6.07) is 10.9. The number of phenols is 1. The Morgan fingerprint density at radius 1 is 1.22 bits per heavy atom. The van der Waals surface area contributed by atoms with Gasteiger partial charge < -0.3 is 19.9 Å². The van der Waals surface area contributed by atoms with Gasteiger partial charge in [0.2, 0.25) is 11.0 Å². The van der Waals surface area contributed by atoms with Gasteiger partial charge in [0.25, 0.3) is 0 Å². The van der Waals surface area contributed by atoms with Crippen molar-refractivity contribution in [1.82, 2.24) is 15.2 Å². The lowest BCUT2D eigenvalue weighted by molar-refractivity contribution is 0.224. The molecule has 0 radical (unpaired) electrons. The van der Waals surface area contributed by atoms with E-state index in [4.69, 9.17) is 9.47 Å². The maximum absolute atomic E-state index is 10.1. The molecule has 0 aliphatic carbocycles. The number of anilines is 1. The number of aromatic nitrogens is 3. The van der Waals surface area contributed by atoms with Gasteiger partial charge >= 0.3 is 0 Å². The molecule has 2 N–H and O–H groups in total. The minimum Gasteiger partial charge on any atom is -0.504 e. The van der Waals surface area contributed by atoms with Crippen molar-refractivity contribution in [3.8, 4) is 28.6 Å². The van der Waals surface area contributed by atoms with E-state index in [1.54, 1.807) is 12.1 Å². The topological polar surface area (TPSA) is 89.4 Å². The molecule has 2 heterocycles. The molecule has 1 atom stereocenters. The molecule has 138 valence electrons. The highest BCUT2D eigenvalue weighted by atomic mass is 79.9. The molecule has 27 heavy (non-hydrogen) atoms. The number of phenolic OH excluding ortho intramolecular Hbond substituents is 1. The minimum absolute atomic E-state index is 0.0338. The summed E-state index contributed by atoms with van der Waals surface area (Å²) in [5, 5.41) is 22.5. The average molecular weight is 447 g/mol. The van der Waals surface area contributed by atoms with E-state index in [1.807, 2.05) is 30.5 Å². The van der Waals surface area contributed by atoms with Gasteiger partial charge in [0.1, 0.15) is 0 Å². The van der Waals surface area contributed by atoms with Gasteiger partial charge in [0, 0.05) is 21.3 Å². The van der Waals surface area contributed by atoms with Crippen LogP contribution >= 0.6 is 27.7 Å². The van der Waals surface area contributed by atoms with Gasteiger partial charge in [0.05, 0.1) is 7.11 Å². The first-order chi connectivity index (χ1) is 13.1. The molecule has 0 fully saturated rings. The fourth-order valence-electron chi connectivity index (χ4n) is 2.78. The van der Waals surface area contributed by atoms with Crippen molar-refractivity contribution < 1.29 is 14.6 Å². The highest BCUT2D eigenvalue weighted by Crippen LogP contribution is 2.41. The summed E-state index contributed by atoms with van der Waals surface area (Å²) < 4.78 is 12.2. The highest BCUT2D eigenvalue weighted by Gasteiger charge is 2.26. The van der Waals surface area contributed by atoms with Crippen LogP contribution in [0.2, 0.25) is 0 Å². The van der Waals surface area contributed by atoms with Crippen LogP contribution in [0.1, 0.15) is 11.8 Å². The fraction of sp³-hybridized carbons (Fsp3) is 0.167. The van der Waals surface area contributed by atoms with E-state index in [9.17, 15) is 5.11 Å². The first-order valence-corrected chi connectivity index (χ1v) is 9.99. The molecule has 0 bridgehead atoms. The van der Waals surface area contributed by atoms with Gasteiger partial charge in [-0.25, -0.2) is 0 Å². The van der Waals surface area contributed by atoms with Gasteiger partial charge in [-0.2, -0.15) is 4.98 Å². The molecule has 0 amide bonds. The molecule has 7 nitrogen and oxygen atoms in total. The monoisotopic (exact) mass is 446 g/mol. The molecule has 2 aromatic carbocycles. The molecule has 1 unspecified atom stereocenters. The number of methoxy groups -OCH3 is 1. The summed E-state index contributed by atoms with van der Waals surface area (Å²) in [7, 11) is 1.51. The number of hydrogen-bond acceptors (Lipinski definition) is 8. The van der Waals surface area contributed by atoms with Crippen molar-refractivity contribution in [1.29, 1.82) is 0 Å². The number of benzene rings is 2. The number of aromatic hydroxyl groups is 1. The van der Waals surface area contributed by atoms with E-state index in [1.165, 1.54) is 18.9 Å². The Labute approximate surface area is 168 Å². The number of ether oxygens (including phenoxy) is 2. The van der Waals surface area contributed by atoms with Crippen LogP contribution in [-0.4, -0.2) is 33.7 Å². The van der Waals surface area contributed by atoms with E-state index in [0.717, 1.165) is 21.3 Å². The molecule has 4 rings (SSSR count). The maximum atomic E-state index is 10.1. The molecule has 0 saturated carbocycles. The summed E-state index contributed by atoms with van der Waals surface area (Å²) >= 11 is 4.88. The first-order valence-electron chi connectivity index (χ1n) is 7.98. The maximum Gasteiger partial charge on any atom is 0.247 e. The number of hydrogen-bond donors (Lipinski definition) is 2. The summed E-state index contributed by atoms with van der Waals surface area (Å²) in [4.78, 5) is 4.48. The van der Waals surface area contributed by atoms with Crippen LogP contribution in [0.4, 0.5) is 5.69 Å². The minimum atomic E-state index is -0.575. The Hall–Kier alpha value is -2.52. The van der Waals surface area contributed by atoms with Crippen LogP contribution in [0.3, 0.4) is 0 Å². The van der Waals surface area contributed by atoms with Crippen LogP contribution in [0.25, 0.3) is 11.3 Å². The van der Waals surface area contributed by atoms with E-state index < -0.39 is 6.23 Å². The zero-order chi connectivity index (χ0) is 19.0. The summed E-state index contributed by atoms with van der Waals surface area (Å²) in [5.41, 5.74) is 2.92. The van der Waals surface area contributed by atoms with Gasteiger partial charge in [-0.3, -0.25) is 0 Å². The SMILES string of the molecule is COc1ccc(C2Nc3ccc(Br)cc3-c3nnc(SC)nc3O2)cc1O. The van der Waals surface area contributed by atoms with E-state index >= 15 is 0 Å². The number of fused-ring (bicyclic) bond motifs is 3. The third kappa shape index (κ3) is 3.40. The zero-order valence-electron chi connectivity index (χ0n) is 14.4. The van der Waals surface area contributed by atoms with Gasteiger partial charge in [-0.15, -0.1) is 10.2 Å². The molecule has 1 aliphatic rings. The molecule has 1 aromatic heterocycles. The van der Waals surface area contributed by atoms with Crippen molar-refractivity contribution >= 4 is 33.4 Å². The van der Waals surface area contributed by atoms with Crippen molar-refractivity contribution in [2.75, 3.05) is 18.7 Å². The lowest BCUT2D eigenvalue weighted by atomic mass is 10.1. The highest BCUT2D eigenvalue weighted by molar-refractivity contribution is 9.10. The van der Waals surface area contributed by atoms with Gasteiger partial charge in [0.15, 0.2) is 23.4 Å². The second kappa shape index (κ2) is 7.24. The first kappa shape index (κ1) is 17.9. The summed E-state index contributed by atoms with van der Waals surface area (Å²) in [5.74, 6) is 0.802. The van der Waals surface area contributed by atoms with E-state index in [2.05, 4.69) is 36.4 Å². The van der Waals surface area contributed by atoms with Gasteiger partial charge in [-0.1, -0.05) is 27.7 Å².